The summed E-state index contributed by atoms with van der Waals surface area (Å²) in [6.45, 7) is 4.74. The number of allylic oxidation sites excluding steroid dienone is 4. The standard InChI is InChI=1S/C19H26O2/c1-17-8-3-4-15(17)14-6-5-13-12-19(20,21)11-10-18(13,2)16(14)7-9-17/h3,5,8,10-11,14-16,20-21H,4,6-7,9,12H2,1-2H3/t14-,15-,16-,17-,18-/m0/s1. The van der Waals surface area contributed by atoms with Crippen molar-refractivity contribution in [3.8, 4) is 0 Å². The molecule has 0 saturated heterocycles. The van der Waals surface area contributed by atoms with E-state index in [9.17, 15) is 10.2 Å². The van der Waals surface area contributed by atoms with Crippen LogP contribution in [0.5, 0.6) is 0 Å². The molecule has 114 valence electrons. The predicted molar refractivity (Wildman–Crippen MR) is 83.3 cm³/mol. The zero-order valence-corrected chi connectivity index (χ0v) is 13.0. The van der Waals surface area contributed by atoms with E-state index in [0.717, 1.165) is 18.3 Å². The molecule has 4 rings (SSSR count). The lowest BCUT2D eigenvalue weighted by Crippen LogP contribution is -2.49. The summed E-state index contributed by atoms with van der Waals surface area (Å²) in [5.74, 6) is 0.523. The van der Waals surface area contributed by atoms with Gasteiger partial charge in [0.2, 0.25) is 0 Å². The first-order valence-electron chi connectivity index (χ1n) is 8.36. The monoisotopic (exact) mass is 286 g/mol. The fourth-order valence-corrected chi connectivity index (χ4v) is 5.72. The second kappa shape index (κ2) is 4.11. The molecule has 2 N–H and O–H groups in total. The summed E-state index contributed by atoms with van der Waals surface area (Å²) in [5.41, 5.74) is 1.67. The Kier molecular flexibility index (Phi) is 2.70. The molecule has 5 atom stereocenters. The Balaban J connectivity index is 1.72. The molecule has 0 spiro atoms. The fraction of sp³-hybridized carbons (Fsp3) is 0.684. The number of fused-ring (bicyclic) bond motifs is 5. The van der Waals surface area contributed by atoms with Gasteiger partial charge in [-0.1, -0.05) is 43.7 Å². The van der Waals surface area contributed by atoms with Crippen molar-refractivity contribution in [2.24, 2.45) is 28.6 Å². The van der Waals surface area contributed by atoms with Crippen LogP contribution in [-0.4, -0.2) is 16.0 Å². The van der Waals surface area contributed by atoms with Crippen LogP contribution in [0.4, 0.5) is 0 Å². The maximum absolute atomic E-state index is 9.93. The van der Waals surface area contributed by atoms with E-state index in [2.05, 4.69) is 38.2 Å². The van der Waals surface area contributed by atoms with Gasteiger partial charge in [0, 0.05) is 11.8 Å². The smallest absolute Gasteiger partial charge is 0.186 e. The van der Waals surface area contributed by atoms with E-state index in [0.29, 0.717) is 17.8 Å². The molecule has 0 aromatic carbocycles. The van der Waals surface area contributed by atoms with E-state index in [1.165, 1.54) is 24.8 Å². The minimum Gasteiger partial charge on any atom is -0.362 e. The lowest BCUT2D eigenvalue weighted by Gasteiger charge is -2.56. The van der Waals surface area contributed by atoms with E-state index in [1.807, 2.05) is 0 Å². The molecule has 0 heterocycles. The van der Waals surface area contributed by atoms with Crippen molar-refractivity contribution in [2.75, 3.05) is 0 Å². The summed E-state index contributed by atoms with van der Waals surface area (Å²) < 4.78 is 0. The zero-order valence-electron chi connectivity index (χ0n) is 13.0. The minimum absolute atomic E-state index is 0.0296. The van der Waals surface area contributed by atoms with Gasteiger partial charge in [0.25, 0.3) is 0 Å². The topological polar surface area (TPSA) is 40.5 Å². The summed E-state index contributed by atoms with van der Waals surface area (Å²) in [5, 5.41) is 19.9. The molecule has 1 fully saturated rings. The molecule has 1 saturated carbocycles. The molecule has 4 aliphatic rings. The van der Waals surface area contributed by atoms with Gasteiger partial charge < -0.3 is 10.2 Å². The van der Waals surface area contributed by atoms with Crippen LogP contribution in [-0.2, 0) is 0 Å². The van der Waals surface area contributed by atoms with Crippen molar-refractivity contribution >= 4 is 0 Å². The first kappa shape index (κ1) is 13.8. The van der Waals surface area contributed by atoms with Gasteiger partial charge in [-0.15, -0.1) is 0 Å². The van der Waals surface area contributed by atoms with Gasteiger partial charge in [0.1, 0.15) is 0 Å². The average molecular weight is 286 g/mol. The molecule has 2 nitrogen and oxygen atoms in total. The largest absolute Gasteiger partial charge is 0.362 e. The van der Waals surface area contributed by atoms with Crippen LogP contribution in [0.3, 0.4) is 0 Å². The first-order chi connectivity index (χ1) is 9.84. The van der Waals surface area contributed by atoms with Crippen LogP contribution < -0.4 is 0 Å². The highest BCUT2D eigenvalue weighted by atomic mass is 16.5. The normalized spacial score (nSPS) is 50.1. The van der Waals surface area contributed by atoms with Gasteiger partial charge in [-0.25, -0.2) is 0 Å². The number of hydrogen-bond donors (Lipinski definition) is 2. The summed E-state index contributed by atoms with van der Waals surface area (Å²) in [6, 6.07) is 0. The van der Waals surface area contributed by atoms with Gasteiger partial charge in [0.05, 0.1) is 0 Å². The summed E-state index contributed by atoms with van der Waals surface area (Å²) in [7, 11) is 0. The van der Waals surface area contributed by atoms with Crippen LogP contribution in [0.25, 0.3) is 0 Å². The van der Waals surface area contributed by atoms with Crippen molar-refractivity contribution < 1.29 is 10.2 Å². The molecule has 0 unspecified atom stereocenters. The Hall–Kier alpha value is -0.860. The molecule has 0 aromatic rings. The van der Waals surface area contributed by atoms with Crippen molar-refractivity contribution in [2.45, 2.75) is 51.7 Å². The van der Waals surface area contributed by atoms with E-state index in [-0.39, 0.29) is 5.41 Å². The van der Waals surface area contributed by atoms with E-state index < -0.39 is 5.79 Å². The van der Waals surface area contributed by atoms with Crippen molar-refractivity contribution in [1.82, 2.24) is 0 Å². The van der Waals surface area contributed by atoms with Crippen LogP contribution in [0.15, 0.2) is 36.0 Å². The van der Waals surface area contributed by atoms with Crippen LogP contribution >= 0.6 is 0 Å². The Morgan fingerprint density at radius 3 is 2.67 bits per heavy atom. The lowest BCUT2D eigenvalue weighted by molar-refractivity contribution is -0.126. The van der Waals surface area contributed by atoms with E-state index in [4.69, 9.17) is 0 Å². The third-order valence-electron chi connectivity index (χ3n) is 7.01. The lowest BCUT2D eigenvalue weighted by atomic mass is 9.49. The van der Waals surface area contributed by atoms with Gasteiger partial charge in [0.15, 0.2) is 5.79 Å². The predicted octanol–water partition coefficient (Wildman–Crippen LogP) is 3.57. The highest BCUT2D eigenvalue weighted by molar-refractivity contribution is 5.34. The number of aliphatic hydroxyl groups is 2. The molecule has 0 radical (unpaired) electrons. The maximum Gasteiger partial charge on any atom is 0.186 e. The zero-order chi connectivity index (χ0) is 14.9. The molecule has 2 heteroatoms. The minimum atomic E-state index is -1.64. The maximum atomic E-state index is 9.93. The number of hydrogen-bond acceptors (Lipinski definition) is 2. The molecule has 4 aliphatic carbocycles. The Labute approximate surface area is 127 Å². The third kappa shape index (κ3) is 1.85. The van der Waals surface area contributed by atoms with Crippen molar-refractivity contribution in [1.29, 1.82) is 0 Å². The van der Waals surface area contributed by atoms with Crippen molar-refractivity contribution in [3.63, 3.8) is 0 Å². The molecular weight excluding hydrogens is 260 g/mol. The molecule has 0 bridgehead atoms. The molecule has 0 aromatic heterocycles. The van der Waals surface area contributed by atoms with Crippen molar-refractivity contribution in [3.05, 3.63) is 36.0 Å². The Morgan fingerprint density at radius 2 is 1.86 bits per heavy atom. The quantitative estimate of drug-likeness (QED) is 0.528. The molecule has 0 amide bonds. The summed E-state index contributed by atoms with van der Waals surface area (Å²) >= 11 is 0. The average Bonchev–Trinajstić information content (AvgIpc) is 2.81. The molecular formula is C19H26O2. The van der Waals surface area contributed by atoms with Gasteiger partial charge in [-0.2, -0.15) is 0 Å². The second-order valence-corrected chi connectivity index (χ2v) is 8.20. The first-order valence-corrected chi connectivity index (χ1v) is 8.36. The van der Waals surface area contributed by atoms with E-state index >= 15 is 0 Å². The Morgan fingerprint density at radius 1 is 1.05 bits per heavy atom. The molecule has 0 aliphatic heterocycles. The van der Waals surface area contributed by atoms with Crippen LogP contribution in [0.1, 0.15) is 46.0 Å². The highest BCUT2D eigenvalue weighted by Crippen LogP contribution is 2.62. The van der Waals surface area contributed by atoms with Gasteiger partial charge in [-0.05, 0) is 54.9 Å². The fourth-order valence-electron chi connectivity index (χ4n) is 5.72. The third-order valence-corrected chi connectivity index (χ3v) is 7.01. The summed E-state index contributed by atoms with van der Waals surface area (Å²) in [4.78, 5) is 0. The SMILES string of the molecule is C[C@@]12C=CC[C@H]1[C@@H]1CC=C3CC(O)(O)C=C[C@]3(C)[C@H]1CC2. The van der Waals surface area contributed by atoms with Crippen LogP contribution in [0, 0.1) is 28.6 Å². The van der Waals surface area contributed by atoms with E-state index in [1.54, 1.807) is 6.08 Å². The Bertz CT molecular complexity index is 556. The molecule has 21 heavy (non-hydrogen) atoms. The summed E-state index contributed by atoms with van der Waals surface area (Å²) in [6.07, 6.45) is 16.1. The van der Waals surface area contributed by atoms with Gasteiger partial charge in [-0.3, -0.25) is 0 Å². The van der Waals surface area contributed by atoms with Crippen LogP contribution in [0.2, 0.25) is 0 Å². The van der Waals surface area contributed by atoms with Gasteiger partial charge >= 0.3 is 0 Å². The highest BCUT2D eigenvalue weighted by Gasteiger charge is 2.54. The second-order valence-electron chi connectivity index (χ2n) is 8.20. The number of rotatable bonds is 0.